The van der Waals surface area contributed by atoms with Gasteiger partial charge in [0.2, 0.25) is 0 Å². The summed E-state index contributed by atoms with van der Waals surface area (Å²) in [4.78, 5) is 28.6. The molecule has 1 heterocycles. The molecule has 1 aromatic heterocycles. The number of carbonyl (C=O) groups excluding carboxylic acids is 1. The molecular weight excluding hydrogens is 290 g/mol. The number of nitrogens with one attached hydrogen (secondary N) is 1. The lowest BCUT2D eigenvalue weighted by Gasteiger charge is -2.31. The highest BCUT2D eigenvalue weighted by Gasteiger charge is 2.21. The van der Waals surface area contributed by atoms with E-state index in [1.54, 1.807) is 4.90 Å². The molecule has 0 aromatic carbocycles. The van der Waals surface area contributed by atoms with Gasteiger partial charge in [-0.15, -0.1) is 11.3 Å². The summed E-state index contributed by atoms with van der Waals surface area (Å²) in [5, 5.41) is 13.9. The molecule has 2 rings (SSSR count). The molecule has 116 valence electrons. The Bertz CT molecular complexity index is 497. The van der Waals surface area contributed by atoms with Crippen molar-refractivity contribution in [2.75, 3.05) is 13.6 Å². The highest BCUT2D eigenvalue weighted by atomic mass is 32.1. The number of nitrogens with zero attached hydrogens (tertiary/aromatic N) is 2. The van der Waals surface area contributed by atoms with Crippen LogP contribution in [0.25, 0.3) is 0 Å². The zero-order valence-electron chi connectivity index (χ0n) is 12.2. The number of rotatable bonds is 5. The first-order chi connectivity index (χ1) is 10.1. The molecule has 21 heavy (non-hydrogen) atoms. The molecule has 6 nitrogen and oxygen atoms in total. The van der Waals surface area contributed by atoms with Crippen molar-refractivity contribution in [2.45, 2.75) is 44.6 Å². The summed E-state index contributed by atoms with van der Waals surface area (Å²) in [5.74, 6) is -1.02. The Balaban J connectivity index is 1.74. The predicted molar refractivity (Wildman–Crippen MR) is 80.8 cm³/mol. The molecule has 1 saturated carbocycles. The van der Waals surface area contributed by atoms with E-state index in [9.17, 15) is 9.59 Å². The minimum Gasteiger partial charge on any atom is -0.476 e. The Labute approximate surface area is 128 Å². The Morgan fingerprint density at radius 3 is 2.76 bits per heavy atom. The second kappa shape index (κ2) is 7.40. The molecule has 1 aliphatic rings. The number of carboxylic acid groups (broad SMARTS) is 1. The van der Waals surface area contributed by atoms with Crippen LogP contribution in [-0.2, 0) is 6.42 Å². The molecule has 0 saturated heterocycles. The lowest BCUT2D eigenvalue weighted by atomic mass is 9.95. The van der Waals surface area contributed by atoms with Crippen molar-refractivity contribution in [1.82, 2.24) is 15.2 Å². The van der Waals surface area contributed by atoms with Gasteiger partial charge in [-0.05, 0) is 12.8 Å². The zero-order valence-corrected chi connectivity index (χ0v) is 13.0. The van der Waals surface area contributed by atoms with E-state index in [0.717, 1.165) is 17.8 Å². The molecule has 1 aliphatic carbocycles. The average Bonchev–Trinajstić information content (AvgIpc) is 2.96. The van der Waals surface area contributed by atoms with E-state index in [1.165, 1.54) is 36.0 Å². The third kappa shape index (κ3) is 4.42. The summed E-state index contributed by atoms with van der Waals surface area (Å²) in [6, 6.07) is 0.286. The average molecular weight is 311 g/mol. The first kappa shape index (κ1) is 15.8. The molecule has 1 aromatic rings. The number of carbonyl (C=O) groups is 2. The summed E-state index contributed by atoms with van der Waals surface area (Å²) in [5.41, 5.74) is 0.0700. The molecule has 2 N–H and O–H groups in total. The number of amides is 2. The second-order valence-corrected chi connectivity index (χ2v) is 6.26. The van der Waals surface area contributed by atoms with Gasteiger partial charge in [0.25, 0.3) is 0 Å². The maximum Gasteiger partial charge on any atom is 0.355 e. The van der Waals surface area contributed by atoms with Crippen LogP contribution in [0.4, 0.5) is 4.79 Å². The summed E-state index contributed by atoms with van der Waals surface area (Å²) in [6.45, 7) is 0.475. The van der Waals surface area contributed by atoms with Gasteiger partial charge in [0, 0.05) is 31.4 Å². The number of thiazole rings is 1. The molecular formula is C14H21N3O3S. The highest BCUT2D eigenvalue weighted by molar-refractivity contribution is 7.09. The van der Waals surface area contributed by atoms with E-state index in [-0.39, 0.29) is 11.7 Å². The van der Waals surface area contributed by atoms with Crippen LogP contribution in [0.5, 0.6) is 0 Å². The molecule has 2 amide bonds. The maximum absolute atomic E-state index is 12.0. The normalized spacial score (nSPS) is 15.7. The van der Waals surface area contributed by atoms with E-state index < -0.39 is 5.97 Å². The standard InChI is InChI=1S/C14H21N3O3S/c1-17(10-5-3-2-4-6-10)14(20)15-8-7-12-16-11(9-21-12)13(18)19/h9-10H,2-8H2,1H3,(H,15,20)(H,18,19). The van der Waals surface area contributed by atoms with E-state index in [4.69, 9.17) is 5.11 Å². The van der Waals surface area contributed by atoms with E-state index in [2.05, 4.69) is 10.3 Å². The first-order valence-corrected chi connectivity index (χ1v) is 8.14. The van der Waals surface area contributed by atoms with Crippen molar-refractivity contribution < 1.29 is 14.7 Å². The van der Waals surface area contributed by atoms with Crippen LogP contribution in [0.15, 0.2) is 5.38 Å². The molecule has 1 fully saturated rings. The van der Waals surface area contributed by atoms with Crippen LogP contribution in [0.3, 0.4) is 0 Å². The third-order valence-corrected chi connectivity index (χ3v) is 4.74. The predicted octanol–water partition coefficient (Wildman–Crippen LogP) is 2.36. The summed E-state index contributed by atoms with van der Waals surface area (Å²) < 4.78 is 0. The topological polar surface area (TPSA) is 82.5 Å². The van der Waals surface area contributed by atoms with Crippen LogP contribution >= 0.6 is 11.3 Å². The zero-order chi connectivity index (χ0) is 15.2. The second-order valence-electron chi connectivity index (χ2n) is 5.32. The Morgan fingerprint density at radius 1 is 1.43 bits per heavy atom. The van der Waals surface area contributed by atoms with E-state index >= 15 is 0 Å². The number of urea groups is 1. The molecule has 0 aliphatic heterocycles. The van der Waals surface area contributed by atoms with Gasteiger partial charge in [-0.3, -0.25) is 0 Å². The third-order valence-electron chi connectivity index (χ3n) is 3.83. The number of aromatic carboxylic acids is 1. The van der Waals surface area contributed by atoms with Crippen molar-refractivity contribution in [3.8, 4) is 0 Å². The van der Waals surface area contributed by atoms with E-state index in [1.807, 2.05) is 7.05 Å². The van der Waals surface area contributed by atoms with Crippen LogP contribution in [-0.4, -0.2) is 46.6 Å². The van der Waals surface area contributed by atoms with Crippen LogP contribution in [0.1, 0.15) is 47.6 Å². The molecule has 0 radical (unpaired) electrons. The molecule has 0 atom stereocenters. The first-order valence-electron chi connectivity index (χ1n) is 7.26. The molecule has 7 heteroatoms. The Kier molecular flexibility index (Phi) is 5.55. The monoisotopic (exact) mass is 311 g/mol. The largest absolute Gasteiger partial charge is 0.476 e. The fourth-order valence-corrected chi connectivity index (χ4v) is 3.33. The summed E-state index contributed by atoms with van der Waals surface area (Å²) in [6.07, 6.45) is 6.37. The Hall–Kier alpha value is -1.63. The smallest absolute Gasteiger partial charge is 0.355 e. The minimum absolute atomic E-state index is 0.0584. The molecule has 0 unspecified atom stereocenters. The fraction of sp³-hybridized carbons (Fsp3) is 0.643. The van der Waals surface area contributed by atoms with Gasteiger partial charge in [-0.1, -0.05) is 19.3 Å². The fourth-order valence-electron chi connectivity index (χ4n) is 2.56. The minimum atomic E-state index is -1.02. The summed E-state index contributed by atoms with van der Waals surface area (Å²) >= 11 is 1.31. The van der Waals surface area contributed by atoms with Gasteiger partial charge >= 0.3 is 12.0 Å². The van der Waals surface area contributed by atoms with Crippen molar-refractivity contribution in [2.24, 2.45) is 0 Å². The van der Waals surface area contributed by atoms with Crippen molar-refractivity contribution in [3.63, 3.8) is 0 Å². The number of aromatic nitrogens is 1. The van der Waals surface area contributed by atoms with Crippen LogP contribution < -0.4 is 5.32 Å². The number of hydrogen-bond donors (Lipinski definition) is 2. The van der Waals surface area contributed by atoms with Crippen LogP contribution in [0, 0.1) is 0 Å². The molecule has 0 bridgehead atoms. The van der Waals surface area contributed by atoms with Gasteiger partial charge < -0.3 is 15.3 Å². The van der Waals surface area contributed by atoms with E-state index in [0.29, 0.717) is 19.0 Å². The van der Waals surface area contributed by atoms with Crippen LogP contribution in [0.2, 0.25) is 0 Å². The lowest BCUT2D eigenvalue weighted by molar-refractivity contribution is 0.0691. The number of carboxylic acids is 1. The van der Waals surface area contributed by atoms with Crippen molar-refractivity contribution in [3.05, 3.63) is 16.1 Å². The van der Waals surface area contributed by atoms with Gasteiger partial charge in [-0.2, -0.15) is 0 Å². The van der Waals surface area contributed by atoms with Crippen molar-refractivity contribution in [1.29, 1.82) is 0 Å². The Morgan fingerprint density at radius 2 is 2.14 bits per heavy atom. The quantitative estimate of drug-likeness (QED) is 0.874. The summed E-state index contributed by atoms with van der Waals surface area (Å²) in [7, 11) is 1.84. The van der Waals surface area contributed by atoms with Gasteiger partial charge in [0.05, 0.1) is 5.01 Å². The maximum atomic E-state index is 12.0. The SMILES string of the molecule is CN(C(=O)NCCc1nc(C(=O)O)cs1)C1CCCCC1. The molecule has 0 spiro atoms. The highest BCUT2D eigenvalue weighted by Crippen LogP contribution is 2.21. The van der Waals surface area contributed by atoms with Crippen molar-refractivity contribution >= 4 is 23.3 Å². The van der Waals surface area contributed by atoms with Gasteiger partial charge in [0.1, 0.15) is 0 Å². The number of hydrogen-bond acceptors (Lipinski definition) is 4. The van der Waals surface area contributed by atoms with Gasteiger partial charge in [-0.25, -0.2) is 14.6 Å². The lowest BCUT2D eigenvalue weighted by Crippen LogP contribution is -2.44. The van der Waals surface area contributed by atoms with Gasteiger partial charge in [0.15, 0.2) is 5.69 Å².